The number of nitrogens with one attached hydrogen (secondary N) is 2. The summed E-state index contributed by atoms with van der Waals surface area (Å²) in [5.41, 5.74) is 2.37. The number of benzene rings is 2. The molecule has 0 bridgehead atoms. The quantitative estimate of drug-likeness (QED) is 0.554. The van der Waals surface area contributed by atoms with Gasteiger partial charge in [-0.2, -0.15) is 0 Å². The smallest absolute Gasteiger partial charge is 0.259 e. The van der Waals surface area contributed by atoms with E-state index in [-0.39, 0.29) is 10.8 Å². The molecule has 0 aliphatic carbocycles. The summed E-state index contributed by atoms with van der Waals surface area (Å²) in [6.45, 7) is 0. The lowest BCUT2D eigenvalue weighted by atomic mass is 10.1. The fourth-order valence-electron chi connectivity index (χ4n) is 2.83. The van der Waals surface area contributed by atoms with Gasteiger partial charge in [0, 0.05) is 18.0 Å². The first-order chi connectivity index (χ1) is 13.4. The number of aromatic nitrogens is 3. The van der Waals surface area contributed by atoms with Gasteiger partial charge in [0.1, 0.15) is 17.2 Å². The van der Waals surface area contributed by atoms with Crippen LogP contribution in [0.25, 0.3) is 22.4 Å². The molecule has 2 aromatic carbocycles. The first-order valence-electron chi connectivity index (χ1n) is 8.43. The standard InChI is InChI=1S/C20H16N4O3S/c1-28(26,27)14-10-8-13(9-11-14)19-22-16-6-4-5-15(18(16)24-19)20(25)23-17-7-2-3-12-21-17/h2-12H,1H3,(H,22,24)(H,21,23,25). The van der Waals surface area contributed by atoms with Crippen molar-refractivity contribution in [2.75, 3.05) is 11.6 Å². The molecule has 0 aliphatic heterocycles. The Morgan fingerprint density at radius 3 is 2.46 bits per heavy atom. The Kier molecular flexibility index (Phi) is 4.40. The number of hydrogen-bond donors (Lipinski definition) is 2. The number of sulfone groups is 1. The number of nitrogens with zero attached hydrogens (tertiary/aromatic N) is 2. The van der Waals surface area contributed by atoms with Crippen LogP contribution in [0.4, 0.5) is 5.82 Å². The van der Waals surface area contributed by atoms with E-state index in [2.05, 4.69) is 20.3 Å². The minimum atomic E-state index is -3.26. The molecule has 0 unspecified atom stereocenters. The van der Waals surface area contributed by atoms with Gasteiger partial charge in [-0.1, -0.05) is 12.1 Å². The Bertz CT molecular complexity index is 1260. The zero-order chi connectivity index (χ0) is 19.7. The van der Waals surface area contributed by atoms with Gasteiger partial charge in [-0.25, -0.2) is 18.4 Å². The molecule has 0 fully saturated rings. The van der Waals surface area contributed by atoms with E-state index in [0.717, 1.165) is 11.8 Å². The molecule has 140 valence electrons. The minimum Gasteiger partial charge on any atom is -0.338 e. The monoisotopic (exact) mass is 392 g/mol. The predicted molar refractivity (Wildman–Crippen MR) is 107 cm³/mol. The SMILES string of the molecule is CS(=O)(=O)c1ccc(-c2nc3c(C(=O)Nc4ccccn4)cccc3[nH]2)cc1. The van der Waals surface area contributed by atoms with Gasteiger partial charge in [-0.15, -0.1) is 0 Å². The molecule has 0 saturated heterocycles. The highest BCUT2D eigenvalue weighted by molar-refractivity contribution is 7.90. The van der Waals surface area contributed by atoms with Crippen LogP contribution in [0.5, 0.6) is 0 Å². The van der Waals surface area contributed by atoms with Gasteiger partial charge in [-0.3, -0.25) is 4.79 Å². The van der Waals surface area contributed by atoms with E-state index in [1.807, 2.05) is 6.07 Å². The molecule has 0 atom stereocenters. The van der Waals surface area contributed by atoms with Crippen molar-refractivity contribution in [3.63, 3.8) is 0 Å². The maximum atomic E-state index is 12.7. The van der Waals surface area contributed by atoms with Crippen LogP contribution in [0, 0.1) is 0 Å². The van der Waals surface area contributed by atoms with E-state index in [1.165, 1.54) is 12.1 Å². The molecule has 0 aliphatic rings. The van der Waals surface area contributed by atoms with Crippen LogP contribution >= 0.6 is 0 Å². The van der Waals surface area contributed by atoms with Crippen LogP contribution < -0.4 is 5.32 Å². The number of carbonyl (C=O) groups is 1. The van der Waals surface area contributed by atoms with Crippen molar-refractivity contribution in [1.29, 1.82) is 0 Å². The number of pyridine rings is 1. The Hall–Kier alpha value is -3.52. The van der Waals surface area contributed by atoms with Crippen molar-refractivity contribution in [2.24, 2.45) is 0 Å². The molecule has 0 radical (unpaired) electrons. The van der Waals surface area contributed by atoms with Gasteiger partial charge in [-0.05, 0) is 48.5 Å². The van der Waals surface area contributed by atoms with E-state index < -0.39 is 9.84 Å². The summed E-state index contributed by atoms with van der Waals surface area (Å²) in [6.07, 6.45) is 2.76. The Labute approximate surface area is 161 Å². The second kappa shape index (κ2) is 6.90. The summed E-state index contributed by atoms with van der Waals surface area (Å²) in [5, 5.41) is 2.75. The second-order valence-electron chi connectivity index (χ2n) is 6.25. The lowest BCUT2D eigenvalue weighted by Gasteiger charge is -2.04. The van der Waals surface area contributed by atoms with Crippen LogP contribution in [0.2, 0.25) is 0 Å². The number of anilines is 1. The van der Waals surface area contributed by atoms with Gasteiger partial charge >= 0.3 is 0 Å². The summed E-state index contributed by atoms with van der Waals surface area (Å²) in [6, 6.07) is 17.0. The molecule has 2 aromatic heterocycles. The average molecular weight is 392 g/mol. The largest absolute Gasteiger partial charge is 0.338 e. The van der Waals surface area contributed by atoms with Crippen LogP contribution in [0.15, 0.2) is 71.8 Å². The molecule has 8 heteroatoms. The number of H-pyrrole nitrogens is 1. The molecule has 7 nitrogen and oxygen atoms in total. The van der Waals surface area contributed by atoms with Crippen molar-refractivity contribution in [3.8, 4) is 11.4 Å². The van der Waals surface area contributed by atoms with Crippen molar-refractivity contribution < 1.29 is 13.2 Å². The maximum Gasteiger partial charge on any atom is 0.259 e. The minimum absolute atomic E-state index is 0.239. The van der Waals surface area contributed by atoms with E-state index in [1.54, 1.807) is 48.7 Å². The highest BCUT2D eigenvalue weighted by atomic mass is 32.2. The molecule has 0 saturated carbocycles. The predicted octanol–water partition coefficient (Wildman–Crippen LogP) is 3.28. The first kappa shape index (κ1) is 17.9. The van der Waals surface area contributed by atoms with E-state index in [9.17, 15) is 13.2 Å². The molecular weight excluding hydrogens is 376 g/mol. The number of imidazole rings is 1. The van der Waals surface area contributed by atoms with Crippen LogP contribution in [0.3, 0.4) is 0 Å². The molecular formula is C20H16N4O3S. The number of aromatic amines is 1. The van der Waals surface area contributed by atoms with Crippen molar-refractivity contribution in [1.82, 2.24) is 15.0 Å². The average Bonchev–Trinajstić information content (AvgIpc) is 3.12. The van der Waals surface area contributed by atoms with Gasteiger partial charge < -0.3 is 10.3 Å². The van der Waals surface area contributed by atoms with E-state index in [0.29, 0.717) is 28.2 Å². The number of hydrogen-bond acceptors (Lipinski definition) is 5. The fourth-order valence-corrected chi connectivity index (χ4v) is 3.46. The summed E-state index contributed by atoms with van der Waals surface area (Å²) < 4.78 is 23.2. The van der Waals surface area contributed by atoms with E-state index >= 15 is 0 Å². The summed E-state index contributed by atoms with van der Waals surface area (Å²) in [5.74, 6) is 0.694. The lowest BCUT2D eigenvalue weighted by molar-refractivity contribution is 0.102. The third kappa shape index (κ3) is 3.49. The molecule has 28 heavy (non-hydrogen) atoms. The molecule has 2 N–H and O–H groups in total. The van der Waals surface area contributed by atoms with Crippen molar-refractivity contribution >= 4 is 32.6 Å². The van der Waals surface area contributed by atoms with Crippen LogP contribution in [-0.2, 0) is 9.84 Å². The number of fused-ring (bicyclic) bond motifs is 1. The third-order valence-corrected chi connectivity index (χ3v) is 5.35. The summed E-state index contributed by atoms with van der Waals surface area (Å²) in [7, 11) is -3.26. The Morgan fingerprint density at radius 1 is 1.00 bits per heavy atom. The number of rotatable bonds is 4. The molecule has 1 amide bonds. The van der Waals surface area contributed by atoms with Crippen LogP contribution in [0.1, 0.15) is 10.4 Å². The number of carbonyl (C=O) groups excluding carboxylic acids is 1. The highest BCUT2D eigenvalue weighted by Crippen LogP contribution is 2.24. The zero-order valence-corrected chi connectivity index (χ0v) is 15.7. The fraction of sp³-hybridized carbons (Fsp3) is 0.0500. The second-order valence-corrected chi connectivity index (χ2v) is 8.27. The third-order valence-electron chi connectivity index (χ3n) is 4.22. The molecule has 4 rings (SSSR count). The van der Waals surface area contributed by atoms with E-state index in [4.69, 9.17) is 0 Å². The van der Waals surface area contributed by atoms with Crippen molar-refractivity contribution in [2.45, 2.75) is 4.90 Å². The van der Waals surface area contributed by atoms with Crippen LogP contribution in [-0.4, -0.2) is 35.5 Å². The molecule has 0 spiro atoms. The number of amides is 1. The Balaban J connectivity index is 1.70. The topological polar surface area (TPSA) is 105 Å². The summed E-state index contributed by atoms with van der Waals surface area (Å²) in [4.78, 5) is 24.7. The van der Waals surface area contributed by atoms with Gasteiger partial charge in [0.2, 0.25) is 0 Å². The first-order valence-corrected chi connectivity index (χ1v) is 10.3. The molecule has 2 heterocycles. The molecule has 4 aromatic rings. The van der Waals surface area contributed by atoms with Gasteiger partial charge in [0.15, 0.2) is 9.84 Å². The Morgan fingerprint density at radius 2 is 1.79 bits per heavy atom. The summed E-state index contributed by atoms with van der Waals surface area (Å²) >= 11 is 0. The zero-order valence-electron chi connectivity index (χ0n) is 14.9. The van der Waals surface area contributed by atoms with Crippen molar-refractivity contribution in [3.05, 3.63) is 72.4 Å². The number of para-hydroxylation sites is 1. The normalized spacial score (nSPS) is 11.5. The van der Waals surface area contributed by atoms with Gasteiger partial charge in [0.25, 0.3) is 5.91 Å². The maximum absolute atomic E-state index is 12.7. The highest BCUT2D eigenvalue weighted by Gasteiger charge is 2.15. The van der Waals surface area contributed by atoms with Gasteiger partial charge in [0.05, 0.1) is 16.0 Å². The lowest BCUT2D eigenvalue weighted by Crippen LogP contribution is -2.13.